The molecule has 4 rings (SSSR count). The third kappa shape index (κ3) is 2.99. The smallest absolute Gasteiger partial charge is 0.298 e. The molecule has 28 heavy (non-hydrogen) atoms. The number of aliphatic hydroxyl groups excluding tert-OH is 1. The molecule has 0 fully saturated rings. The summed E-state index contributed by atoms with van der Waals surface area (Å²) in [4.78, 5) is 20.3. The largest absolute Gasteiger partial charge is 0.497 e. The molecule has 8 heteroatoms. The van der Waals surface area contributed by atoms with E-state index in [4.69, 9.17) is 9.47 Å². The molecule has 0 spiro atoms. The van der Waals surface area contributed by atoms with Crippen LogP contribution in [0.5, 0.6) is 11.5 Å². The van der Waals surface area contributed by atoms with Crippen molar-refractivity contribution in [1.82, 2.24) is 14.6 Å². The summed E-state index contributed by atoms with van der Waals surface area (Å²) in [5.74, 6) is 1.28. The number of hydrogen-bond donors (Lipinski definition) is 2. The van der Waals surface area contributed by atoms with Crippen molar-refractivity contribution in [2.45, 2.75) is 6.61 Å². The number of benzene rings is 2. The summed E-state index contributed by atoms with van der Waals surface area (Å²) >= 11 is 0. The molecule has 0 saturated heterocycles. The van der Waals surface area contributed by atoms with Gasteiger partial charge >= 0.3 is 0 Å². The quantitative estimate of drug-likeness (QED) is 0.519. The second-order valence-electron chi connectivity index (χ2n) is 6.13. The summed E-state index contributed by atoms with van der Waals surface area (Å²) in [6.45, 7) is -0.156. The van der Waals surface area contributed by atoms with Crippen LogP contribution in [-0.4, -0.2) is 40.2 Å². The lowest BCUT2D eigenvalue weighted by atomic mass is 10.1. The molecule has 0 amide bonds. The molecule has 4 aromatic rings. The third-order valence-electron chi connectivity index (χ3n) is 4.50. The predicted molar refractivity (Wildman–Crippen MR) is 106 cm³/mol. The number of methoxy groups -OCH3 is 2. The molecule has 142 valence electrons. The number of nitrogens with one attached hydrogen (secondary N) is 1. The number of aliphatic hydroxyl groups is 1. The van der Waals surface area contributed by atoms with Crippen LogP contribution in [0.25, 0.3) is 21.9 Å². The Morgan fingerprint density at radius 3 is 2.82 bits per heavy atom. The van der Waals surface area contributed by atoms with E-state index in [1.807, 2.05) is 18.2 Å². The Morgan fingerprint density at radius 1 is 1.21 bits per heavy atom. The van der Waals surface area contributed by atoms with Crippen LogP contribution >= 0.6 is 0 Å². The van der Waals surface area contributed by atoms with Gasteiger partial charge in [0.2, 0.25) is 0 Å². The minimum atomic E-state index is -0.313. The van der Waals surface area contributed by atoms with E-state index >= 15 is 0 Å². The first-order valence-electron chi connectivity index (χ1n) is 8.54. The molecule has 2 N–H and O–H groups in total. The third-order valence-corrected chi connectivity index (χ3v) is 4.50. The van der Waals surface area contributed by atoms with Gasteiger partial charge in [-0.2, -0.15) is 9.78 Å². The molecule has 2 heterocycles. The molecule has 0 unspecified atom stereocenters. The lowest BCUT2D eigenvalue weighted by molar-refractivity contribution is 0.274. The standard InChI is InChI=1S/C20H18N4O4/c1-27-14-4-5-16-15(8-14)18-19(23-16)20(26)24(11-21-18)22-9-12-3-6-17(28-2)13(7-12)10-25/h3-9,11,23,25H,10H2,1-2H3. The maximum atomic E-state index is 12.8. The fraction of sp³-hybridized carbons (Fsp3) is 0.150. The minimum absolute atomic E-state index is 0.156. The topological polar surface area (TPSA) is 102 Å². The van der Waals surface area contributed by atoms with E-state index < -0.39 is 0 Å². The van der Waals surface area contributed by atoms with Crippen molar-refractivity contribution in [3.05, 3.63) is 64.2 Å². The lowest BCUT2D eigenvalue weighted by Crippen LogP contribution is -2.17. The monoisotopic (exact) mass is 378 g/mol. The van der Waals surface area contributed by atoms with Crippen LogP contribution in [0, 0.1) is 0 Å². The Balaban J connectivity index is 1.75. The number of hydrogen-bond acceptors (Lipinski definition) is 6. The van der Waals surface area contributed by atoms with Crippen LogP contribution in [0.1, 0.15) is 11.1 Å². The molecule has 0 atom stereocenters. The average Bonchev–Trinajstić information content (AvgIpc) is 3.11. The summed E-state index contributed by atoms with van der Waals surface area (Å²) in [6.07, 6.45) is 2.91. The molecule has 0 aliphatic rings. The van der Waals surface area contributed by atoms with Gasteiger partial charge in [0, 0.05) is 16.5 Å². The van der Waals surface area contributed by atoms with Crippen LogP contribution < -0.4 is 15.0 Å². The van der Waals surface area contributed by atoms with Crippen LogP contribution in [0.4, 0.5) is 0 Å². The van der Waals surface area contributed by atoms with Gasteiger partial charge in [0.1, 0.15) is 28.9 Å². The SMILES string of the molecule is COc1ccc2[nH]c3c(=O)n(N=Cc4ccc(OC)c(CO)c4)cnc3c2c1. The van der Waals surface area contributed by atoms with Crippen molar-refractivity contribution in [2.75, 3.05) is 14.2 Å². The van der Waals surface area contributed by atoms with Gasteiger partial charge in [-0.3, -0.25) is 4.79 Å². The molecule has 0 saturated carbocycles. The summed E-state index contributed by atoms with van der Waals surface area (Å²) < 4.78 is 11.6. The summed E-state index contributed by atoms with van der Waals surface area (Å²) in [7, 11) is 3.13. The molecule has 2 aromatic heterocycles. The number of nitrogens with zero attached hydrogens (tertiary/aromatic N) is 3. The van der Waals surface area contributed by atoms with Gasteiger partial charge in [-0.05, 0) is 42.0 Å². The fourth-order valence-corrected chi connectivity index (χ4v) is 3.07. The predicted octanol–water partition coefficient (Wildman–Crippen LogP) is 2.27. The Hall–Kier alpha value is -3.65. The highest BCUT2D eigenvalue weighted by Gasteiger charge is 2.11. The second kappa shape index (κ2) is 7.16. The van der Waals surface area contributed by atoms with Crippen LogP contribution in [0.3, 0.4) is 0 Å². The zero-order valence-electron chi connectivity index (χ0n) is 15.3. The number of ether oxygens (including phenoxy) is 2. The Morgan fingerprint density at radius 2 is 2.07 bits per heavy atom. The van der Waals surface area contributed by atoms with Crippen LogP contribution in [-0.2, 0) is 6.61 Å². The number of aromatic nitrogens is 3. The average molecular weight is 378 g/mol. The first-order valence-corrected chi connectivity index (χ1v) is 8.54. The van der Waals surface area contributed by atoms with E-state index in [-0.39, 0.29) is 12.2 Å². The Bertz CT molecular complexity index is 1260. The van der Waals surface area contributed by atoms with E-state index in [9.17, 15) is 9.90 Å². The van der Waals surface area contributed by atoms with Gasteiger partial charge in [-0.15, -0.1) is 0 Å². The first-order chi connectivity index (χ1) is 13.6. The maximum absolute atomic E-state index is 12.8. The molecule has 0 bridgehead atoms. The van der Waals surface area contributed by atoms with Gasteiger partial charge in [0.25, 0.3) is 5.56 Å². The van der Waals surface area contributed by atoms with E-state index in [0.717, 1.165) is 21.1 Å². The molecule has 0 aliphatic carbocycles. The van der Waals surface area contributed by atoms with Crippen molar-refractivity contribution >= 4 is 28.2 Å². The molecule has 8 nitrogen and oxygen atoms in total. The maximum Gasteiger partial charge on any atom is 0.298 e. The number of fused-ring (bicyclic) bond motifs is 3. The van der Waals surface area contributed by atoms with Gasteiger partial charge in [-0.25, -0.2) is 4.98 Å². The zero-order valence-corrected chi connectivity index (χ0v) is 15.3. The summed E-state index contributed by atoms with van der Waals surface area (Å²) in [6, 6.07) is 10.8. The van der Waals surface area contributed by atoms with E-state index in [1.165, 1.54) is 12.5 Å². The van der Waals surface area contributed by atoms with Crippen molar-refractivity contribution in [2.24, 2.45) is 5.10 Å². The van der Waals surface area contributed by atoms with Crippen molar-refractivity contribution in [3.8, 4) is 11.5 Å². The molecule has 2 aromatic carbocycles. The highest BCUT2D eigenvalue weighted by Crippen LogP contribution is 2.25. The molecular weight excluding hydrogens is 360 g/mol. The fourth-order valence-electron chi connectivity index (χ4n) is 3.07. The van der Waals surface area contributed by atoms with E-state index in [2.05, 4.69) is 15.1 Å². The van der Waals surface area contributed by atoms with Crippen molar-refractivity contribution < 1.29 is 14.6 Å². The molecule has 0 aliphatic heterocycles. The minimum Gasteiger partial charge on any atom is -0.497 e. The normalized spacial score (nSPS) is 11.5. The zero-order chi connectivity index (χ0) is 19.7. The number of aromatic amines is 1. The van der Waals surface area contributed by atoms with Crippen molar-refractivity contribution in [3.63, 3.8) is 0 Å². The van der Waals surface area contributed by atoms with Crippen LogP contribution in [0.15, 0.2) is 52.6 Å². The lowest BCUT2D eigenvalue weighted by Gasteiger charge is -2.06. The highest BCUT2D eigenvalue weighted by molar-refractivity contribution is 6.04. The second-order valence-corrected chi connectivity index (χ2v) is 6.13. The Labute approximate surface area is 159 Å². The van der Waals surface area contributed by atoms with Crippen LogP contribution in [0.2, 0.25) is 0 Å². The highest BCUT2D eigenvalue weighted by atomic mass is 16.5. The summed E-state index contributed by atoms with van der Waals surface area (Å²) in [5, 5.41) is 14.4. The molecular formula is C20H18N4O4. The first kappa shape index (κ1) is 17.7. The van der Waals surface area contributed by atoms with Gasteiger partial charge < -0.3 is 19.6 Å². The van der Waals surface area contributed by atoms with E-state index in [1.54, 1.807) is 32.4 Å². The Kier molecular flexibility index (Phi) is 4.54. The molecule has 0 radical (unpaired) electrons. The van der Waals surface area contributed by atoms with E-state index in [0.29, 0.717) is 28.1 Å². The van der Waals surface area contributed by atoms with Gasteiger partial charge in [-0.1, -0.05) is 0 Å². The van der Waals surface area contributed by atoms with Gasteiger partial charge in [0.15, 0.2) is 0 Å². The summed E-state index contributed by atoms with van der Waals surface area (Å²) in [5.41, 5.74) is 2.78. The van der Waals surface area contributed by atoms with Crippen molar-refractivity contribution in [1.29, 1.82) is 0 Å². The number of rotatable bonds is 5. The number of H-pyrrole nitrogens is 1. The van der Waals surface area contributed by atoms with Gasteiger partial charge in [0.05, 0.1) is 27.0 Å².